The molecule has 1 aliphatic rings. The van der Waals surface area contributed by atoms with Crippen molar-refractivity contribution in [2.45, 2.75) is 10.6 Å². The molecule has 0 saturated heterocycles. The van der Waals surface area contributed by atoms with Crippen LogP contribution in [0, 0.1) is 5.82 Å². The van der Waals surface area contributed by atoms with E-state index in [-0.39, 0.29) is 32.0 Å². The lowest BCUT2D eigenvalue weighted by atomic mass is 9.98. The number of pyridine rings is 1. The van der Waals surface area contributed by atoms with Crippen LogP contribution < -0.4 is 14.9 Å². The zero-order valence-corrected chi connectivity index (χ0v) is 18.2. The minimum Gasteiger partial charge on any atom is -0.306 e. The minimum atomic E-state index is -4.11. The summed E-state index contributed by atoms with van der Waals surface area (Å²) in [4.78, 5) is 42.0. The Balaban J connectivity index is 1.48. The summed E-state index contributed by atoms with van der Waals surface area (Å²) in [7, 11) is -4.11. The molecule has 0 unspecified atom stereocenters. The molecule has 3 aromatic rings. The number of carbonyl (C=O) groups excluding carboxylic acids is 3. The van der Waals surface area contributed by atoms with Gasteiger partial charge in [-0.3, -0.25) is 9.59 Å². The van der Waals surface area contributed by atoms with Gasteiger partial charge in [-0.15, -0.1) is 11.3 Å². The lowest BCUT2D eigenvalue weighted by Crippen LogP contribution is -2.43. The van der Waals surface area contributed by atoms with Gasteiger partial charge in [0.05, 0.1) is 22.6 Å². The van der Waals surface area contributed by atoms with Gasteiger partial charge in [-0.25, -0.2) is 32.2 Å². The predicted octanol–water partition coefficient (Wildman–Crippen LogP) is 3.18. The molecular formula is C19H12ClFN4O5S2. The summed E-state index contributed by atoms with van der Waals surface area (Å²) in [6.45, 7) is 0. The van der Waals surface area contributed by atoms with Crippen LogP contribution in [-0.2, 0) is 21.2 Å². The summed E-state index contributed by atoms with van der Waals surface area (Å²) in [5.41, 5.74) is 0.585. The quantitative estimate of drug-likeness (QED) is 0.536. The predicted molar refractivity (Wildman–Crippen MR) is 115 cm³/mol. The Morgan fingerprint density at radius 3 is 2.59 bits per heavy atom. The van der Waals surface area contributed by atoms with Crippen molar-refractivity contribution in [3.05, 3.63) is 69.9 Å². The number of thiophene rings is 1. The van der Waals surface area contributed by atoms with Gasteiger partial charge < -0.3 is 5.32 Å². The first-order valence-electron chi connectivity index (χ1n) is 8.85. The molecule has 2 aromatic heterocycles. The van der Waals surface area contributed by atoms with Gasteiger partial charge in [-0.05, 0) is 42.0 Å². The normalized spacial score (nSPS) is 13.6. The molecule has 2 N–H and O–H groups in total. The molecular weight excluding hydrogens is 483 g/mol. The molecule has 0 spiro atoms. The molecule has 13 heteroatoms. The van der Waals surface area contributed by atoms with Gasteiger partial charge in [0, 0.05) is 5.56 Å². The third kappa shape index (κ3) is 4.33. The maximum absolute atomic E-state index is 13.5. The van der Waals surface area contributed by atoms with Crippen LogP contribution >= 0.6 is 22.9 Å². The number of aromatic nitrogens is 1. The fraction of sp³-hybridized carbons (Fsp3) is 0.0526. The average Bonchev–Trinajstić information content (AvgIpc) is 3.17. The van der Waals surface area contributed by atoms with Crippen LogP contribution in [-0.4, -0.2) is 31.2 Å². The van der Waals surface area contributed by atoms with Crippen molar-refractivity contribution in [3.8, 4) is 0 Å². The van der Waals surface area contributed by atoms with E-state index in [0.29, 0.717) is 5.56 Å². The molecule has 1 aromatic carbocycles. The van der Waals surface area contributed by atoms with Crippen LogP contribution in [0.3, 0.4) is 0 Å². The van der Waals surface area contributed by atoms with Crippen molar-refractivity contribution in [2.75, 3.05) is 10.2 Å². The first-order chi connectivity index (χ1) is 15.1. The lowest BCUT2D eigenvalue weighted by Gasteiger charge is -2.26. The second-order valence-electron chi connectivity index (χ2n) is 6.54. The number of urea groups is 1. The van der Waals surface area contributed by atoms with Gasteiger partial charge in [0.25, 0.3) is 15.9 Å². The van der Waals surface area contributed by atoms with Gasteiger partial charge in [0.2, 0.25) is 5.91 Å². The number of rotatable bonds is 4. The highest BCUT2D eigenvalue weighted by Gasteiger charge is 2.33. The average molecular weight is 495 g/mol. The van der Waals surface area contributed by atoms with E-state index in [4.69, 9.17) is 11.6 Å². The number of nitrogens with one attached hydrogen (secondary N) is 2. The molecule has 1 aliphatic heterocycles. The van der Waals surface area contributed by atoms with E-state index in [9.17, 15) is 27.2 Å². The third-order valence-corrected chi connectivity index (χ3v) is 7.43. The van der Waals surface area contributed by atoms with E-state index < -0.39 is 33.7 Å². The maximum atomic E-state index is 13.5. The molecule has 4 rings (SSSR count). The Labute approximate surface area is 189 Å². The van der Waals surface area contributed by atoms with E-state index in [1.165, 1.54) is 36.4 Å². The van der Waals surface area contributed by atoms with E-state index >= 15 is 0 Å². The van der Waals surface area contributed by atoms with Crippen LogP contribution in [0.25, 0.3) is 0 Å². The van der Waals surface area contributed by atoms with Crippen molar-refractivity contribution in [1.29, 1.82) is 0 Å². The highest BCUT2D eigenvalue weighted by molar-refractivity contribution is 7.92. The number of anilines is 2. The minimum absolute atomic E-state index is 0.0262. The fourth-order valence-electron chi connectivity index (χ4n) is 2.97. The van der Waals surface area contributed by atoms with E-state index in [1.54, 1.807) is 0 Å². The molecule has 32 heavy (non-hydrogen) atoms. The topological polar surface area (TPSA) is 126 Å². The van der Waals surface area contributed by atoms with Crippen molar-refractivity contribution in [3.63, 3.8) is 0 Å². The standard InChI is InChI=1S/C19H12ClFN4O5S2/c20-14-4-6-17(31-14)32(29,30)24-19(28)23-12-3-5-15(22-9-12)25-16(26)7-10-1-2-11(21)8-13(10)18(25)27/h1-6,8-9H,7H2,(H2,23,24,28). The van der Waals surface area contributed by atoms with E-state index in [0.717, 1.165) is 28.5 Å². The summed E-state index contributed by atoms with van der Waals surface area (Å²) >= 11 is 6.50. The number of halogens is 2. The van der Waals surface area contributed by atoms with Crippen molar-refractivity contribution >= 4 is 62.3 Å². The molecule has 164 valence electrons. The Bertz CT molecular complexity index is 1360. The zero-order valence-electron chi connectivity index (χ0n) is 15.8. The highest BCUT2D eigenvalue weighted by atomic mass is 35.5. The van der Waals surface area contributed by atoms with Crippen LogP contribution in [0.1, 0.15) is 15.9 Å². The molecule has 9 nitrogen and oxygen atoms in total. The van der Waals surface area contributed by atoms with Gasteiger partial charge >= 0.3 is 6.03 Å². The molecule has 4 amide bonds. The van der Waals surface area contributed by atoms with Gasteiger partial charge in [-0.2, -0.15) is 0 Å². The number of hydrogen-bond acceptors (Lipinski definition) is 7. The summed E-state index contributed by atoms with van der Waals surface area (Å²) < 4.78 is 39.8. The number of carbonyl (C=O) groups is 3. The Kier molecular flexibility index (Phi) is 5.67. The number of fused-ring (bicyclic) bond motifs is 1. The Hall–Kier alpha value is -3.35. The highest BCUT2D eigenvalue weighted by Crippen LogP contribution is 2.26. The van der Waals surface area contributed by atoms with Crippen LogP contribution in [0.4, 0.5) is 20.7 Å². The summed E-state index contributed by atoms with van der Waals surface area (Å²) in [5.74, 6) is -1.89. The molecule has 0 radical (unpaired) electrons. The summed E-state index contributed by atoms with van der Waals surface area (Å²) in [5, 5.41) is 2.29. The van der Waals surface area contributed by atoms with E-state index in [1.807, 2.05) is 4.72 Å². The number of amides is 4. The number of sulfonamides is 1. The first-order valence-corrected chi connectivity index (χ1v) is 11.5. The Morgan fingerprint density at radius 1 is 1.16 bits per heavy atom. The smallest absolute Gasteiger partial charge is 0.306 e. The molecule has 0 atom stereocenters. The second-order valence-corrected chi connectivity index (χ2v) is 10.2. The van der Waals surface area contributed by atoms with Gasteiger partial charge in [0.1, 0.15) is 15.8 Å². The number of hydrogen-bond donors (Lipinski definition) is 2. The maximum Gasteiger partial charge on any atom is 0.333 e. The number of benzene rings is 1. The van der Waals surface area contributed by atoms with Crippen LogP contribution in [0.5, 0.6) is 0 Å². The van der Waals surface area contributed by atoms with Crippen molar-refractivity contribution < 1.29 is 27.2 Å². The van der Waals surface area contributed by atoms with Gasteiger partial charge in [0.15, 0.2) is 0 Å². The summed E-state index contributed by atoms with van der Waals surface area (Å²) in [6.07, 6.45) is 1.04. The first kappa shape index (κ1) is 21.9. The molecule has 0 bridgehead atoms. The lowest BCUT2D eigenvalue weighted by molar-refractivity contribution is -0.117. The zero-order chi connectivity index (χ0) is 23.0. The van der Waals surface area contributed by atoms with Gasteiger partial charge in [-0.1, -0.05) is 17.7 Å². The molecule has 0 saturated carbocycles. The second kappa shape index (κ2) is 8.30. The largest absolute Gasteiger partial charge is 0.333 e. The van der Waals surface area contributed by atoms with Crippen LogP contribution in [0.2, 0.25) is 4.34 Å². The molecule has 0 fully saturated rings. The van der Waals surface area contributed by atoms with E-state index in [2.05, 4.69) is 10.3 Å². The van der Waals surface area contributed by atoms with Crippen molar-refractivity contribution in [2.24, 2.45) is 0 Å². The third-order valence-electron chi connectivity index (χ3n) is 4.37. The number of nitrogens with zero attached hydrogens (tertiary/aromatic N) is 2. The monoisotopic (exact) mass is 494 g/mol. The van der Waals surface area contributed by atoms with Crippen LogP contribution in [0.15, 0.2) is 52.9 Å². The van der Waals surface area contributed by atoms with Crippen molar-refractivity contribution in [1.82, 2.24) is 9.71 Å². The number of imide groups is 1. The fourth-order valence-corrected chi connectivity index (χ4v) is 5.36. The Morgan fingerprint density at radius 2 is 1.94 bits per heavy atom. The molecule has 3 heterocycles. The SMILES string of the molecule is O=C(Nc1ccc(N2C(=O)Cc3ccc(F)cc3C2=O)nc1)NS(=O)(=O)c1ccc(Cl)s1. The molecule has 0 aliphatic carbocycles. The summed E-state index contributed by atoms with van der Waals surface area (Å²) in [6, 6.07) is 7.84.